The molecule has 0 spiro atoms. The summed E-state index contributed by atoms with van der Waals surface area (Å²) in [6.07, 6.45) is 5.23. The summed E-state index contributed by atoms with van der Waals surface area (Å²) in [7, 11) is 0. The van der Waals surface area contributed by atoms with Crippen LogP contribution >= 0.6 is 0 Å². The summed E-state index contributed by atoms with van der Waals surface area (Å²) in [5.74, 6) is 0. The summed E-state index contributed by atoms with van der Waals surface area (Å²) in [6, 6.07) is 23.7. The van der Waals surface area contributed by atoms with Gasteiger partial charge in [-0.3, -0.25) is 9.97 Å². The Morgan fingerprint density at radius 2 is 1.56 bits per heavy atom. The maximum atomic E-state index is 13.2. The van der Waals surface area contributed by atoms with E-state index in [9.17, 15) is 4.79 Å². The Labute approximate surface area is 201 Å². The molecule has 5 nitrogen and oxygen atoms in total. The first-order valence-electron chi connectivity index (χ1n) is 11.4. The Balaban J connectivity index is 1.68. The van der Waals surface area contributed by atoms with Crippen molar-refractivity contribution in [1.82, 2.24) is 15.3 Å². The fourth-order valence-electron chi connectivity index (χ4n) is 4.06. The predicted octanol–water partition coefficient (Wildman–Crippen LogP) is 7.03. The summed E-state index contributed by atoms with van der Waals surface area (Å²) in [5, 5.41) is 6.21. The number of amides is 2. The normalized spacial score (nSPS) is 12.1. The van der Waals surface area contributed by atoms with Crippen LogP contribution < -0.4 is 10.6 Å². The lowest BCUT2D eigenvalue weighted by Crippen LogP contribution is -2.39. The molecule has 0 aliphatic carbocycles. The number of aromatic nitrogens is 2. The molecule has 2 aromatic heterocycles. The smallest absolute Gasteiger partial charge is 0.319 e. The molecule has 2 heterocycles. The van der Waals surface area contributed by atoms with E-state index in [0.29, 0.717) is 5.69 Å². The van der Waals surface area contributed by atoms with Crippen LogP contribution in [0.4, 0.5) is 10.5 Å². The lowest BCUT2D eigenvalue weighted by molar-refractivity contribution is 0.229. The van der Waals surface area contributed by atoms with Crippen molar-refractivity contribution in [2.45, 2.75) is 33.7 Å². The Morgan fingerprint density at radius 3 is 2.24 bits per heavy atom. The van der Waals surface area contributed by atoms with Gasteiger partial charge in [0.2, 0.25) is 0 Å². The van der Waals surface area contributed by atoms with Gasteiger partial charge in [-0.05, 0) is 47.2 Å². The molecule has 0 saturated carbocycles. The first-order chi connectivity index (χ1) is 16.3. The van der Waals surface area contributed by atoms with Crippen LogP contribution in [0.2, 0.25) is 0 Å². The van der Waals surface area contributed by atoms with E-state index >= 15 is 0 Å². The van der Waals surface area contributed by atoms with Gasteiger partial charge in [0, 0.05) is 23.5 Å². The lowest BCUT2D eigenvalue weighted by atomic mass is 9.83. The molecular formula is C29H30N4O. The number of benzene rings is 2. The number of nitrogens with zero attached hydrogens (tertiary/aromatic N) is 2. The second-order valence-electron chi connectivity index (χ2n) is 9.47. The maximum absolute atomic E-state index is 13.2. The minimum atomic E-state index is -0.277. The zero-order chi connectivity index (χ0) is 24.1. The van der Waals surface area contributed by atoms with Gasteiger partial charge in [0.05, 0.1) is 23.6 Å². The molecule has 1 unspecified atom stereocenters. The molecule has 0 bridgehead atoms. The topological polar surface area (TPSA) is 66.9 Å². The molecule has 4 rings (SSSR count). The fraction of sp³-hybridized carbons (Fsp3) is 0.207. The van der Waals surface area contributed by atoms with Crippen molar-refractivity contribution in [2.75, 3.05) is 5.32 Å². The minimum absolute atomic E-state index is 0.186. The maximum Gasteiger partial charge on any atom is 0.319 e. The second kappa shape index (κ2) is 9.87. The van der Waals surface area contributed by atoms with E-state index in [1.807, 2.05) is 60.7 Å². The van der Waals surface area contributed by atoms with Gasteiger partial charge in [0.25, 0.3) is 0 Å². The number of urea groups is 1. The van der Waals surface area contributed by atoms with Gasteiger partial charge >= 0.3 is 6.03 Å². The Kier molecular flexibility index (Phi) is 6.73. The van der Waals surface area contributed by atoms with Crippen LogP contribution in [0.25, 0.3) is 22.4 Å². The number of carbonyl (C=O) groups is 1. The molecule has 5 heteroatoms. The molecule has 1 atom stereocenters. The molecule has 34 heavy (non-hydrogen) atoms. The standard InChI is InChI=1S/C29H30N4O/c1-20-10-8-9-13-23(20)24-18-25(21-11-6-5-7-12-21)31-19-26(24)32-28(34)33-27(29(2,3)4)22-14-16-30-17-15-22/h5-19,27H,1-4H3,(H2,32,33,34). The third kappa shape index (κ3) is 5.31. The zero-order valence-electron chi connectivity index (χ0n) is 20.0. The van der Waals surface area contributed by atoms with Crippen molar-refractivity contribution in [2.24, 2.45) is 5.41 Å². The van der Waals surface area contributed by atoms with Crippen LogP contribution in [0.3, 0.4) is 0 Å². The quantitative estimate of drug-likeness (QED) is 0.343. The number of hydrogen-bond donors (Lipinski definition) is 2. The average molecular weight is 451 g/mol. The summed E-state index contributed by atoms with van der Waals surface area (Å²) < 4.78 is 0. The highest BCUT2D eigenvalue weighted by molar-refractivity contribution is 5.95. The number of carbonyl (C=O) groups excluding carboxylic acids is 1. The van der Waals surface area contributed by atoms with E-state index < -0.39 is 0 Å². The SMILES string of the molecule is Cc1ccccc1-c1cc(-c2ccccc2)ncc1NC(=O)NC(c1ccncc1)C(C)(C)C. The van der Waals surface area contributed by atoms with E-state index in [-0.39, 0.29) is 17.5 Å². The molecule has 0 aliphatic heterocycles. The number of anilines is 1. The van der Waals surface area contributed by atoms with Crippen molar-refractivity contribution in [3.63, 3.8) is 0 Å². The first kappa shape index (κ1) is 23.2. The highest BCUT2D eigenvalue weighted by Gasteiger charge is 2.28. The molecule has 4 aromatic rings. The Hall–Kier alpha value is -3.99. The van der Waals surface area contributed by atoms with Gasteiger partial charge in [-0.1, -0.05) is 75.4 Å². The molecule has 2 amide bonds. The van der Waals surface area contributed by atoms with Crippen LogP contribution in [-0.4, -0.2) is 16.0 Å². The largest absolute Gasteiger partial charge is 0.331 e. The van der Waals surface area contributed by atoms with E-state index in [1.165, 1.54) is 0 Å². The number of rotatable bonds is 5. The lowest BCUT2D eigenvalue weighted by Gasteiger charge is -2.32. The number of pyridine rings is 2. The van der Waals surface area contributed by atoms with Crippen molar-refractivity contribution < 1.29 is 4.79 Å². The first-order valence-corrected chi connectivity index (χ1v) is 11.4. The molecule has 0 radical (unpaired) electrons. The van der Waals surface area contributed by atoms with Gasteiger partial charge in [-0.25, -0.2) is 4.79 Å². The molecule has 0 fully saturated rings. The third-order valence-electron chi connectivity index (χ3n) is 5.84. The highest BCUT2D eigenvalue weighted by atomic mass is 16.2. The van der Waals surface area contributed by atoms with Crippen molar-refractivity contribution >= 4 is 11.7 Å². The number of nitrogens with one attached hydrogen (secondary N) is 2. The van der Waals surface area contributed by atoms with Crippen LogP contribution in [0, 0.1) is 12.3 Å². The van der Waals surface area contributed by atoms with Crippen LogP contribution in [-0.2, 0) is 0 Å². The molecular weight excluding hydrogens is 420 g/mol. The molecule has 0 saturated heterocycles. The minimum Gasteiger partial charge on any atom is -0.331 e. The van der Waals surface area contributed by atoms with Crippen LogP contribution in [0.15, 0.2) is 91.4 Å². The predicted molar refractivity (Wildman–Crippen MR) is 138 cm³/mol. The van der Waals surface area contributed by atoms with E-state index in [1.54, 1.807) is 18.6 Å². The third-order valence-corrected chi connectivity index (χ3v) is 5.84. The second-order valence-corrected chi connectivity index (χ2v) is 9.47. The van der Waals surface area contributed by atoms with E-state index in [4.69, 9.17) is 0 Å². The Bertz CT molecular complexity index is 1260. The summed E-state index contributed by atoms with van der Waals surface area (Å²) in [4.78, 5) is 22.0. The molecule has 172 valence electrons. The van der Waals surface area contributed by atoms with Crippen LogP contribution in [0.5, 0.6) is 0 Å². The molecule has 2 aromatic carbocycles. The van der Waals surface area contributed by atoms with Crippen molar-refractivity contribution in [1.29, 1.82) is 0 Å². The van der Waals surface area contributed by atoms with Gasteiger partial charge in [-0.2, -0.15) is 0 Å². The zero-order valence-corrected chi connectivity index (χ0v) is 20.0. The average Bonchev–Trinajstić information content (AvgIpc) is 2.84. The highest BCUT2D eigenvalue weighted by Crippen LogP contribution is 2.35. The van der Waals surface area contributed by atoms with Crippen molar-refractivity contribution in [3.8, 4) is 22.4 Å². The number of hydrogen-bond acceptors (Lipinski definition) is 3. The number of aryl methyl sites for hydroxylation is 1. The van der Waals surface area contributed by atoms with Crippen LogP contribution in [0.1, 0.15) is 37.9 Å². The van der Waals surface area contributed by atoms with E-state index in [2.05, 4.69) is 60.4 Å². The summed E-state index contributed by atoms with van der Waals surface area (Å²) >= 11 is 0. The van der Waals surface area contributed by atoms with Crippen molar-refractivity contribution in [3.05, 3.63) is 103 Å². The van der Waals surface area contributed by atoms with E-state index in [0.717, 1.165) is 33.5 Å². The summed E-state index contributed by atoms with van der Waals surface area (Å²) in [5.41, 5.74) is 6.47. The fourth-order valence-corrected chi connectivity index (χ4v) is 4.06. The van der Waals surface area contributed by atoms with Gasteiger partial charge in [0.1, 0.15) is 0 Å². The van der Waals surface area contributed by atoms with Gasteiger partial charge in [0.15, 0.2) is 0 Å². The van der Waals surface area contributed by atoms with Gasteiger partial charge < -0.3 is 10.6 Å². The monoisotopic (exact) mass is 450 g/mol. The van der Waals surface area contributed by atoms with Gasteiger partial charge in [-0.15, -0.1) is 0 Å². The molecule has 2 N–H and O–H groups in total. The summed E-state index contributed by atoms with van der Waals surface area (Å²) in [6.45, 7) is 8.38. The molecule has 0 aliphatic rings. The Morgan fingerprint density at radius 1 is 0.882 bits per heavy atom.